The van der Waals surface area contributed by atoms with Crippen molar-refractivity contribution in [1.29, 1.82) is 0 Å². The number of benzene rings is 3. The predicted molar refractivity (Wildman–Crippen MR) is 142 cm³/mol. The maximum atomic E-state index is 14.0. The number of rotatable bonds is 4. The average molecular weight is 488 g/mol. The molecule has 180 valence electrons. The van der Waals surface area contributed by atoms with E-state index >= 15 is 0 Å². The Hall–Kier alpha value is -3.58. The molecule has 1 saturated heterocycles. The molecule has 0 spiro atoms. The molecule has 3 aromatic rings. The van der Waals surface area contributed by atoms with Crippen LogP contribution in [0, 0.1) is 26.7 Å². The number of ether oxygens (including phenoxy) is 2. The first-order chi connectivity index (χ1) is 16.7. The third-order valence-electron chi connectivity index (χ3n) is 6.92. The average Bonchev–Trinajstić information content (AvgIpc) is 2.81. The molecule has 2 aliphatic rings. The van der Waals surface area contributed by atoms with E-state index in [2.05, 4.69) is 16.7 Å². The maximum Gasteiger partial charge on any atom is 0.236 e. The van der Waals surface area contributed by atoms with Crippen LogP contribution in [0.25, 0.3) is 0 Å². The zero-order valence-electron chi connectivity index (χ0n) is 20.5. The van der Waals surface area contributed by atoms with Crippen molar-refractivity contribution >= 4 is 34.6 Å². The van der Waals surface area contributed by atoms with Gasteiger partial charge >= 0.3 is 0 Å². The van der Waals surface area contributed by atoms with Gasteiger partial charge in [0.1, 0.15) is 5.92 Å². The van der Waals surface area contributed by atoms with E-state index in [1.54, 1.807) is 7.11 Å². The highest BCUT2D eigenvalue weighted by atomic mass is 32.1. The molecule has 0 radical (unpaired) electrons. The first-order valence-corrected chi connectivity index (χ1v) is 12.0. The second-order valence-corrected chi connectivity index (χ2v) is 9.81. The van der Waals surface area contributed by atoms with Gasteiger partial charge in [-0.2, -0.15) is 0 Å². The summed E-state index contributed by atoms with van der Waals surface area (Å²) in [4.78, 5) is 15.9. The first kappa shape index (κ1) is 23.2. The van der Waals surface area contributed by atoms with Crippen LogP contribution in [0.2, 0.25) is 0 Å². The number of para-hydroxylation sites is 1. The standard InChI is InChI=1S/C28H29N3O3S/c1-16-9-12-19(13-10-16)31-27(35)30-24-20-7-6-8-22(33-5)25(20)34-28(31,4)23(24)26(32)29-21-14-11-17(2)15-18(21)3/h6-15,23-24H,1-5H3,(H,29,32)(H,30,35)/t23-,24-,28-/m0/s1. The van der Waals surface area contributed by atoms with Crippen LogP contribution < -0.4 is 25.0 Å². The SMILES string of the molecule is COc1cccc2c1O[C@@]1(C)[C@H](C(=O)Nc3ccc(C)cc3C)[C@H]2NC(=S)N1c1ccc(C)cc1. The van der Waals surface area contributed by atoms with E-state index in [-0.39, 0.29) is 11.9 Å². The topological polar surface area (TPSA) is 62.8 Å². The smallest absolute Gasteiger partial charge is 0.236 e. The Morgan fingerprint density at radius 3 is 2.49 bits per heavy atom. The highest BCUT2D eigenvalue weighted by Gasteiger charge is 2.59. The zero-order valence-corrected chi connectivity index (χ0v) is 21.3. The summed E-state index contributed by atoms with van der Waals surface area (Å²) >= 11 is 5.83. The minimum atomic E-state index is -1.10. The highest BCUT2D eigenvalue weighted by molar-refractivity contribution is 7.80. The summed E-state index contributed by atoms with van der Waals surface area (Å²) in [6.45, 7) is 7.99. The highest BCUT2D eigenvalue weighted by Crippen LogP contribution is 2.52. The molecule has 0 unspecified atom stereocenters. The van der Waals surface area contributed by atoms with Crippen molar-refractivity contribution in [2.75, 3.05) is 17.3 Å². The summed E-state index contributed by atoms with van der Waals surface area (Å²) < 4.78 is 12.3. The molecule has 0 aromatic heterocycles. The van der Waals surface area contributed by atoms with Crippen LogP contribution >= 0.6 is 12.2 Å². The number of hydrogen-bond acceptors (Lipinski definition) is 4. The molecule has 35 heavy (non-hydrogen) atoms. The first-order valence-electron chi connectivity index (χ1n) is 11.6. The maximum absolute atomic E-state index is 14.0. The number of carbonyl (C=O) groups is 1. The number of thiocarbonyl (C=S) groups is 1. The molecule has 0 saturated carbocycles. The monoisotopic (exact) mass is 487 g/mol. The summed E-state index contributed by atoms with van der Waals surface area (Å²) in [5.74, 6) is 0.469. The Kier molecular flexibility index (Phi) is 5.68. The fourth-order valence-electron chi connectivity index (χ4n) is 5.18. The fraction of sp³-hybridized carbons (Fsp3) is 0.286. The molecule has 2 heterocycles. The van der Waals surface area contributed by atoms with Gasteiger partial charge in [-0.3, -0.25) is 9.69 Å². The van der Waals surface area contributed by atoms with Crippen molar-refractivity contribution in [3.63, 3.8) is 0 Å². The molecule has 2 bridgehead atoms. The Bertz CT molecular complexity index is 1320. The Morgan fingerprint density at radius 1 is 1.09 bits per heavy atom. The lowest BCUT2D eigenvalue weighted by molar-refractivity contribution is -0.130. The van der Waals surface area contributed by atoms with Crippen molar-refractivity contribution in [3.05, 3.63) is 82.9 Å². The molecule has 5 rings (SSSR count). The molecule has 2 N–H and O–H groups in total. The van der Waals surface area contributed by atoms with Crippen molar-refractivity contribution in [2.24, 2.45) is 5.92 Å². The molecule has 2 aliphatic heterocycles. The van der Waals surface area contributed by atoms with Crippen LogP contribution in [0.5, 0.6) is 11.5 Å². The second-order valence-electron chi connectivity index (χ2n) is 9.42. The third-order valence-corrected chi connectivity index (χ3v) is 7.22. The van der Waals surface area contributed by atoms with Crippen molar-refractivity contribution in [1.82, 2.24) is 5.32 Å². The number of fused-ring (bicyclic) bond motifs is 4. The number of carbonyl (C=O) groups excluding carboxylic acids is 1. The number of nitrogens with one attached hydrogen (secondary N) is 2. The molecule has 1 amide bonds. The van der Waals surface area contributed by atoms with Crippen molar-refractivity contribution in [3.8, 4) is 11.5 Å². The van der Waals surface area contributed by atoms with Crippen LogP contribution in [-0.2, 0) is 4.79 Å². The predicted octanol–water partition coefficient (Wildman–Crippen LogP) is 5.42. The zero-order chi connectivity index (χ0) is 24.9. The van der Waals surface area contributed by atoms with Gasteiger partial charge in [0.05, 0.1) is 13.2 Å². The largest absolute Gasteiger partial charge is 0.493 e. The van der Waals surface area contributed by atoms with Gasteiger partial charge in [0.15, 0.2) is 22.3 Å². The van der Waals surface area contributed by atoms with E-state index < -0.39 is 11.6 Å². The fourth-order valence-corrected chi connectivity index (χ4v) is 5.59. The summed E-state index contributed by atoms with van der Waals surface area (Å²) in [6.07, 6.45) is 0. The molecule has 6 nitrogen and oxygen atoms in total. The quantitative estimate of drug-likeness (QED) is 0.479. The third kappa shape index (κ3) is 3.80. The number of methoxy groups -OCH3 is 1. The summed E-state index contributed by atoms with van der Waals surface area (Å²) in [5.41, 5.74) is 4.64. The molecule has 0 aliphatic carbocycles. The number of aryl methyl sites for hydroxylation is 3. The van der Waals surface area contributed by atoms with Crippen molar-refractivity contribution < 1.29 is 14.3 Å². The lowest BCUT2D eigenvalue weighted by Gasteiger charge is -2.56. The summed E-state index contributed by atoms with van der Waals surface area (Å²) in [7, 11) is 1.62. The second kappa shape index (κ2) is 8.57. The molecular weight excluding hydrogens is 458 g/mol. The van der Waals surface area contributed by atoms with Gasteiger partial charge in [-0.25, -0.2) is 0 Å². The van der Waals surface area contributed by atoms with E-state index in [0.717, 1.165) is 33.6 Å². The summed E-state index contributed by atoms with van der Waals surface area (Å²) in [5, 5.41) is 7.11. The normalized spacial score (nSPS) is 22.5. The minimum Gasteiger partial charge on any atom is -0.493 e. The van der Waals surface area contributed by atoms with E-state index in [0.29, 0.717) is 16.6 Å². The molecule has 3 aromatic carbocycles. The Labute approximate surface area is 211 Å². The molecule has 1 fully saturated rings. The van der Waals surface area contributed by atoms with Crippen LogP contribution in [0.4, 0.5) is 11.4 Å². The lowest BCUT2D eigenvalue weighted by Crippen LogP contribution is -2.72. The minimum absolute atomic E-state index is 0.148. The van der Waals surface area contributed by atoms with E-state index in [4.69, 9.17) is 21.7 Å². The van der Waals surface area contributed by atoms with Gasteiger partial charge in [-0.05, 0) is 69.7 Å². The van der Waals surface area contributed by atoms with Gasteiger partial charge in [0.2, 0.25) is 5.91 Å². The number of nitrogens with zero attached hydrogens (tertiary/aromatic N) is 1. The van der Waals surface area contributed by atoms with Crippen LogP contribution in [0.1, 0.15) is 35.2 Å². The van der Waals surface area contributed by atoms with Crippen LogP contribution in [0.3, 0.4) is 0 Å². The summed E-state index contributed by atoms with van der Waals surface area (Å²) in [6, 6.07) is 19.4. The van der Waals surface area contributed by atoms with Gasteiger partial charge in [-0.15, -0.1) is 0 Å². The lowest BCUT2D eigenvalue weighted by atomic mass is 9.78. The van der Waals surface area contributed by atoms with E-state index in [9.17, 15) is 4.79 Å². The van der Waals surface area contributed by atoms with Crippen molar-refractivity contribution in [2.45, 2.75) is 39.5 Å². The van der Waals surface area contributed by atoms with E-state index in [1.807, 2.05) is 87.2 Å². The van der Waals surface area contributed by atoms with Gasteiger partial charge in [0, 0.05) is 16.9 Å². The molecular formula is C28H29N3O3S. The van der Waals surface area contributed by atoms with Crippen LogP contribution in [-0.4, -0.2) is 23.9 Å². The molecule has 7 heteroatoms. The van der Waals surface area contributed by atoms with E-state index in [1.165, 1.54) is 0 Å². The van der Waals surface area contributed by atoms with Crippen LogP contribution in [0.15, 0.2) is 60.7 Å². The Balaban J connectivity index is 1.64. The molecule has 3 atom stereocenters. The Morgan fingerprint density at radius 2 is 1.80 bits per heavy atom. The van der Waals surface area contributed by atoms with Gasteiger partial charge in [-0.1, -0.05) is 47.5 Å². The number of amides is 1. The van der Waals surface area contributed by atoms with Gasteiger partial charge < -0.3 is 20.1 Å². The van der Waals surface area contributed by atoms with Gasteiger partial charge in [0.25, 0.3) is 0 Å². The number of anilines is 2. The number of hydrogen-bond donors (Lipinski definition) is 2.